The molecule has 1 atom stereocenters. The van der Waals surface area contributed by atoms with Crippen molar-refractivity contribution >= 4 is 6.16 Å². The Labute approximate surface area is 96.7 Å². The van der Waals surface area contributed by atoms with E-state index < -0.39 is 6.16 Å². The summed E-state index contributed by atoms with van der Waals surface area (Å²) in [5, 5.41) is 8.40. The highest BCUT2D eigenvalue weighted by molar-refractivity contribution is 5.56. The second-order valence-electron chi connectivity index (χ2n) is 3.56. The van der Waals surface area contributed by atoms with Gasteiger partial charge in [-0.15, -0.1) is 0 Å². The zero-order valence-corrected chi connectivity index (χ0v) is 10.1. The summed E-state index contributed by atoms with van der Waals surface area (Å²) in [7, 11) is 1.60. The number of carbonyl (C=O) groups is 1. The fourth-order valence-corrected chi connectivity index (χ4v) is 1.30. The third-order valence-electron chi connectivity index (χ3n) is 2.16. The molecule has 0 spiro atoms. The average molecular weight is 234 g/mol. The quantitative estimate of drug-likeness (QED) is 0.464. The van der Waals surface area contributed by atoms with Gasteiger partial charge >= 0.3 is 6.16 Å². The van der Waals surface area contributed by atoms with Gasteiger partial charge in [0.1, 0.15) is 6.61 Å². The molecular weight excluding hydrogens is 212 g/mol. The Morgan fingerprint density at radius 2 is 2.06 bits per heavy atom. The molecular formula is C11H22O5. The summed E-state index contributed by atoms with van der Waals surface area (Å²) in [5.74, 6) is 0. The number of ether oxygens (including phenoxy) is 3. The summed E-state index contributed by atoms with van der Waals surface area (Å²) in [5.41, 5.74) is 0. The fourth-order valence-electron chi connectivity index (χ4n) is 1.30. The van der Waals surface area contributed by atoms with Crippen molar-refractivity contribution in [2.45, 2.75) is 38.7 Å². The summed E-state index contributed by atoms with van der Waals surface area (Å²) < 4.78 is 14.8. The molecule has 0 rings (SSSR count). The van der Waals surface area contributed by atoms with Crippen LogP contribution in [0.15, 0.2) is 0 Å². The van der Waals surface area contributed by atoms with Crippen LogP contribution in [0.25, 0.3) is 0 Å². The summed E-state index contributed by atoms with van der Waals surface area (Å²) in [4.78, 5) is 10.3. The van der Waals surface area contributed by atoms with Gasteiger partial charge < -0.3 is 19.3 Å². The third kappa shape index (κ3) is 9.73. The van der Waals surface area contributed by atoms with Crippen molar-refractivity contribution in [2.75, 3.05) is 26.9 Å². The van der Waals surface area contributed by atoms with Crippen molar-refractivity contribution in [3.63, 3.8) is 0 Å². The van der Waals surface area contributed by atoms with Crippen LogP contribution in [0.3, 0.4) is 0 Å². The highest BCUT2D eigenvalue weighted by atomic mass is 16.7. The van der Waals surface area contributed by atoms with E-state index in [1.165, 1.54) is 0 Å². The smallest absolute Gasteiger partial charge is 0.450 e. The van der Waals surface area contributed by atoms with Gasteiger partial charge in [0.05, 0.1) is 19.3 Å². The van der Waals surface area contributed by atoms with Gasteiger partial charge in [-0.2, -0.15) is 0 Å². The Balaban J connectivity index is 3.71. The fraction of sp³-hybridized carbons (Fsp3) is 0.909. The van der Waals surface area contributed by atoms with E-state index in [1.807, 2.05) is 0 Å². The lowest BCUT2D eigenvalue weighted by Crippen LogP contribution is -2.23. The summed E-state index contributed by atoms with van der Waals surface area (Å²) in [6.07, 6.45) is 2.69. The van der Waals surface area contributed by atoms with Crippen LogP contribution in [0.2, 0.25) is 0 Å². The molecule has 5 nitrogen and oxygen atoms in total. The molecule has 0 aliphatic heterocycles. The minimum Gasteiger partial charge on any atom is -0.450 e. The number of hydrogen-bond acceptors (Lipinski definition) is 4. The van der Waals surface area contributed by atoms with Crippen LogP contribution in [-0.2, 0) is 14.2 Å². The minimum absolute atomic E-state index is 0.1000. The first kappa shape index (κ1) is 15.2. The van der Waals surface area contributed by atoms with Crippen LogP contribution in [-0.4, -0.2) is 44.3 Å². The third-order valence-corrected chi connectivity index (χ3v) is 2.16. The van der Waals surface area contributed by atoms with E-state index in [2.05, 4.69) is 11.7 Å². The molecule has 1 unspecified atom stereocenters. The van der Waals surface area contributed by atoms with E-state index in [9.17, 15) is 4.79 Å². The molecule has 0 aliphatic carbocycles. The van der Waals surface area contributed by atoms with E-state index in [-0.39, 0.29) is 12.7 Å². The predicted octanol–water partition coefficient (Wildman–Crippen LogP) is 2.29. The molecule has 0 aromatic heterocycles. The molecule has 0 amide bonds. The normalized spacial score (nSPS) is 12.4. The Morgan fingerprint density at radius 1 is 1.31 bits per heavy atom. The number of rotatable bonds is 10. The standard InChI is InChI=1S/C11H22O5/c1-3-4-5-6-10(9-16-11(12)13)15-8-7-14-2/h10H,3-9H2,1-2H3,(H,12,13). The molecule has 5 heteroatoms. The first-order valence-electron chi connectivity index (χ1n) is 5.67. The minimum atomic E-state index is -1.25. The van der Waals surface area contributed by atoms with E-state index in [4.69, 9.17) is 14.6 Å². The van der Waals surface area contributed by atoms with Crippen molar-refractivity contribution in [2.24, 2.45) is 0 Å². The molecule has 0 aromatic carbocycles. The number of methoxy groups -OCH3 is 1. The zero-order chi connectivity index (χ0) is 12.2. The van der Waals surface area contributed by atoms with E-state index >= 15 is 0 Å². The summed E-state index contributed by atoms with van der Waals surface area (Å²) >= 11 is 0. The molecule has 1 N–H and O–H groups in total. The van der Waals surface area contributed by atoms with Crippen molar-refractivity contribution in [3.05, 3.63) is 0 Å². The largest absolute Gasteiger partial charge is 0.505 e. The van der Waals surface area contributed by atoms with Gasteiger partial charge in [0.2, 0.25) is 0 Å². The van der Waals surface area contributed by atoms with E-state index in [0.29, 0.717) is 13.2 Å². The van der Waals surface area contributed by atoms with Crippen LogP contribution >= 0.6 is 0 Å². The molecule has 0 radical (unpaired) electrons. The van der Waals surface area contributed by atoms with Crippen LogP contribution in [0, 0.1) is 0 Å². The number of carboxylic acid groups (broad SMARTS) is 1. The second kappa shape index (κ2) is 10.7. The summed E-state index contributed by atoms with van der Waals surface area (Å²) in [6.45, 7) is 3.20. The molecule has 96 valence electrons. The number of hydrogen-bond donors (Lipinski definition) is 1. The zero-order valence-electron chi connectivity index (χ0n) is 10.1. The summed E-state index contributed by atoms with van der Waals surface area (Å²) in [6, 6.07) is 0. The molecule has 0 aliphatic rings. The van der Waals surface area contributed by atoms with Gasteiger partial charge in [-0.3, -0.25) is 0 Å². The van der Waals surface area contributed by atoms with Crippen LogP contribution in [0.1, 0.15) is 32.6 Å². The van der Waals surface area contributed by atoms with Gasteiger partial charge in [-0.05, 0) is 6.42 Å². The predicted molar refractivity (Wildman–Crippen MR) is 59.7 cm³/mol. The monoisotopic (exact) mass is 234 g/mol. The maximum absolute atomic E-state index is 10.3. The van der Waals surface area contributed by atoms with Crippen LogP contribution in [0.4, 0.5) is 4.79 Å². The molecule has 0 aromatic rings. The van der Waals surface area contributed by atoms with Crippen molar-refractivity contribution in [1.82, 2.24) is 0 Å². The lowest BCUT2D eigenvalue weighted by atomic mass is 10.1. The molecule has 0 saturated heterocycles. The molecule has 0 bridgehead atoms. The highest BCUT2D eigenvalue weighted by Gasteiger charge is 2.11. The average Bonchev–Trinajstić information content (AvgIpc) is 2.25. The number of unbranched alkanes of at least 4 members (excludes halogenated alkanes) is 2. The Morgan fingerprint density at radius 3 is 2.62 bits per heavy atom. The Hall–Kier alpha value is -0.810. The Kier molecular flexibility index (Phi) is 10.2. The van der Waals surface area contributed by atoms with Crippen molar-refractivity contribution < 1.29 is 24.1 Å². The lowest BCUT2D eigenvalue weighted by molar-refractivity contribution is -0.0281. The molecule has 0 saturated carbocycles. The molecule has 0 heterocycles. The first-order chi connectivity index (χ1) is 7.70. The topological polar surface area (TPSA) is 65.0 Å². The van der Waals surface area contributed by atoms with Crippen molar-refractivity contribution in [1.29, 1.82) is 0 Å². The SMILES string of the molecule is CCCCCC(COC(=O)O)OCCOC. The van der Waals surface area contributed by atoms with Gasteiger partial charge in [-0.25, -0.2) is 4.79 Å². The maximum atomic E-state index is 10.3. The van der Waals surface area contributed by atoms with Crippen molar-refractivity contribution in [3.8, 4) is 0 Å². The maximum Gasteiger partial charge on any atom is 0.505 e. The van der Waals surface area contributed by atoms with E-state index in [1.54, 1.807) is 7.11 Å². The van der Waals surface area contributed by atoms with E-state index in [0.717, 1.165) is 25.7 Å². The first-order valence-corrected chi connectivity index (χ1v) is 5.67. The van der Waals surface area contributed by atoms with Crippen LogP contribution < -0.4 is 0 Å². The van der Waals surface area contributed by atoms with Crippen LogP contribution in [0.5, 0.6) is 0 Å². The van der Waals surface area contributed by atoms with Gasteiger partial charge in [0, 0.05) is 7.11 Å². The van der Waals surface area contributed by atoms with Gasteiger partial charge in [-0.1, -0.05) is 26.2 Å². The molecule has 16 heavy (non-hydrogen) atoms. The van der Waals surface area contributed by atoms with Gasteiger partial charge in [0.25, 0.3) is 0 Å². The van der Waals surface area contributed by atoms with Gasteiger partial charge in [0.15, 0.2) is 0 Å². The lowest BCUT2D eigenvalue weighted by Gasteiger charge is -2.16. The molecule has 0 fully saturated rings. The Bertz CT molecular complexity index is 162. The highest BCUT2D eigenvalue weighted by Crippen LogP contribution is 2.07. The second-order valence-corrected chi connectivity index (χ2v) is 3.56.